The second kappa shape index (κ2) is 11.7. The fraction of sp³-hybridized carbons (Fsp3) is 0.486. The van der Waals surface area contributed by atoms with Gasteiger partial charge in [0.2, 0.25) is 0 Å². The molecule has 224 valence electrons. The molecule has 0 unspecified atom stereocenters. The zero-order valence-corrected chi connectivity index (χ0v) is 27.0. The monoisotopic (exact) mass is 609 g/mol. The highest BCUT2D eigenvalue weighted by Gasteiger charge is 2.49. The quantitative estimate of drug-likeness (QED) is 0.299. The Hall–Kier alpha value is -2.76. The number of ether oxygens (including phenoxy) is 2. The van der Waals surface area contributed by atoms with Crippen LogP contribution in [0.3, 0.4) is 0 Å². The minimum Gasteiger partial charge on any atom is -0.490 e. The largest absolute Gasteiger partial charge is 0.490 e. The van der Waals surface area contributed by atoms with E-state index in [1.807, 2.05) is 43.3 Å². The van der Waals surface area contributed by atoms with Gasteiger partial charge in [0.05, 0.1) is 11.6 Å². The minimum atomic E-state index is -0.492. The lowest BCUT2D eigenvalue weighted by molar-refractivity contribution is -0.119. The summed E-state index contributed by atoms with van der Waals surface area (Å²) in [6, 6.07) is 11.2. The van der Waals surface area contributed by atoms with Gasteiger partial charge in [0.15, 0.2) is 23.1 Å². The van der Waals surface area contributed by atoms with Crippen LogP contribution in [0, 0.1) is 10.8 Å². The summed E-state index contributed by atoms with van der Waals surface area (Å²) in [4.78, 5) is 30.3. The van der Waals surface area contributed by atoms with Crippen LogP contribution in [0.5, 0.6) is 11.5 Å². The number of hydrogen-bond donors (Lipinski definition) is 0. The zero-order valence-electron chi connectivity index (χ0n) is 25.5. The smallest absolute Gasteiger partial charge is 0.180 e. The molecule has 0 saturated heterocycles. The van der Waals surface area contributed by atoms with Gasteiger partial charge in [-0.15, -0.1) is 0 Å². The van der Waals surface area contributed by atoms with E-state index in [-0.39, 0.29) is 29.0 Å². The number of ketones is 2. The molecule has 1 aliphatic heterocycles. The molecule has 0 aromatic heterocycles. The number of carbonyl (C=O) groups excluding carboxylic acids is 2. The van der Waals surface area contributed by atoms with Crippen molar-refractivity contribution in [1.82, 2.24) is 4.90 Å². The maximum absolute atomic E-state index is 14.0. The summed E-state index contributed by atoms with van der Waals surface area (Å²) in [5, 5.41) is 1.01. The van der Waals surface area contributed by atoms with Crippen LogP contribution >= 0.6 is 23.2 Å². The van der Waals surface area contributed by atoms with Crippen molar-refractivity contribution in [1.29, 1.82) is 0 Å². The first kappa shape index (κ1) is 30.7. The van der Waals surface area contributed by atoms with E-state index < -0.39 is 5.92 Å². The van der Waals surface area contributed by atoms with Crippen molar-refractivity contribution in [2.24, 2.45) is 10.8 Å². The summed E-state index contributed by atoms with van der Waals surface area (Å²) in [5.74, 6) is 0.642. The van der Waals surface area contributed by atoms with Crippen LogP contribution in [-0.4, -0.2) is 29.6 Å². The van der Waals surface area contributed by atoms with E-state index in [9.17, 15) is 9.59 Å². The van der Waals surface area contributed by atoms with Crippen molar-refractivity contribution in [3.05, 3.63) is 80.1 Å². The number of hydrogen-bond acceptors (Lipinski definition) is 5. The van der Waals surface area contributed by atoms with Gasteiger partial charge in [-0.1, -0.05) is 70.0 Å². The SMILES string of the molecule is CCCN1C2=C(C(=O)CC(C)(C)C2)C(c2cc(Cl)c(OCc3cccc(Cl)c3)c(OCC)c2)C2=C1CC(C)(C)CC2=O. The molecule has 5 rings (SSSR count). The Morgan fingerprint density at radius 2 is 1.48 bits per heavy atom. The number of nitrogens with zero attached hydrogens (tertiary/aromatic N) is 1. The van der Waals surface area contributed by atoms with E-state index >= 15 is 0 Å². The first-order valence-corrected chi connectivity index (χ1v) is 15.7. The Morgan fingerprint density at radius 1 is 0.857 bits per heavy atom. The highest BCUT2D eigenvalue weighted by molar-refractivity contribution is 6.32. The van der Waals surface area contributed by atoms with Gasteiger partial charge in [-0.25, -0.2) is 0 Å². The lowest BCUT2D eigenvalue weighted by Gasteiger charge is -2.49. The number of halogens is 2. The molecule has 0 spiro atoms. The van der Waals surface area contributed by atoms with Gasteiger partial charge in [0, 0.05) is 52.9 Å². The van der Waals surface area contributed by atoms with Crippen molar-refractivity contribution in [3.63, 3.8) is 0 Å². The van der Waals surface area contributed by atoms with E-state index in [1.165, 1.54) is 0 Å². The topological polar surface area (TPSA) is 55.8 Å². The third-order valence-corrected chi connectivity index (χ3v) is 8.92. The molecule has 0 radical (unpaired) electrons. The molecule has 0 saturated carbocycles. The average Bonchev–Trinajstić information content (AvgIpc) is 2.88. The van der Waals surface area contributed by atoms with Crippen LogP contribution in [0.4, 0.5) is 0 Å². The molecule has 5 nitrogen and oxygen atoms in total. The van der Waals surface area contributed by atoms with Gasteiger partial charge >= 0.3 is 0 Å². The molecular weight excluding hydrogens is 569 g/mol. The van der Waals surface area contributed by atoms with Crippen LogP contribution < -0.4 is 9.47 Å². The van der Waals surface area contributed by atoms with E-state index in [2.05, 4.69) is 39.5 Å². The van der Waals surface area contributed by atoms with E-state index in [0.717, 1.165) is 59.5 Å². The maximum atomic E-state index is 14.0. The predicted molar refractivity (Wildman–Crippen MR) is 168 cm³/mol. The molecule has 0 fully saturated rings. The Balaban J connectivity index is 1.67. The third kappa shape index (κ3) is 6.01. The van der Waals surface area contributed by atoms with Crippen LogP contribution in [0.15, 0.2) is 58.9 Å². The number of rotatable bonds is 8. The lowest BCUT2D eigenvalue weighted by Crippen LogP contribution is -2.44. The predicted octanol–water partition coefficient (Wildman–Crippen LogP) is 9.07. The van der Waals surface area contributed by atoms with Gasteiger partial charge in [0.25, 0.3) is 0 Å². The number of Topliss-reactive ketones (excluding diaryl/α,β-unsaturated/α-hetero) is 2. The molecule has 2 aliphatic carbocycles. The summed E-state index contributed by atoms with van der Waals surface area (Å²) >= 11 is 13.1. The first-order chi connectivity index (χ1) is 19.8. The molecule has 2 aromatic rings. The molecule has 42 heavy (non-hydrogen) atoms. The van der Waals surface area contributed by atoms with Crippen LogP contribution in [-0.2, 0) is 16.2 Å². The van der Waals surface area contributed by atoms with Crippen LogP contribution in [0.2, 0.25) is 10.0 Å². The second-order valence-electron chi connectivity index (χ2n) is 13.4. The Labute approximate surface area is 259 Å². The fourth-order valence-electron chi connectivity index (χ4n) is 6.81. The molecule has 0 amide bonds. The van der Waals surface area contributed by atoms with Crippen LogP contribution in [0.1, 0.15) is 90.7 Å². The number of carbonyl (C=O) groups is 2. The van der Waals surface area contributed by atoms with Gasteiger partial charge in [-0.2, -0.15) is 0 Å². The van der Waals surface area contributed by atoms with Gasteiger partial charge in [-0.05, 0) is 72.4 Å². The highest BCUT2D eigenvalue weighted by Crippen LogP contribution is 2.55. The zero-order chi connectivity index (χ0) is 30.4. The van der Waals surface area contributed by atoms with E-state index in [1.54, 1.807) is 0 Å². The standard InChI is InChI=1S/C35H41Cl2NO4/c1-7-12-38-25-16-34(3,4)18-27(39)31(25)30(32-26(38)17-35(5,6)19-28(32)40)22-14-24(37)33(29(15-22)41-8-2)42-20-21-10-9-11-23(36)13-21/h9-11,13-15,30H,7-8,12,16-20H2,1-6H3. The summed E-state index contributed by atoms with van der Waals surface area (Å²) < 4.78 is 12.2. The summed E-state index contributed by atoms with van der Waals surface area (Å²) in [6.07, 6.45) is 3.36. The number of benzene rings is 2. The van der Waals surface area contributed by atoms with E-state index in [0.29, 0.717) is 41.0 Å². The molecule has 3 aliphatic rings. The molecule has 0 N–H and O–H groups in total. The summed E-state index contributed by atoms with van der Waals surface area (Å²) in [6.45, 7) is 14.1. The van der Waals surface area contributed by atoms with Gasteiger partial charge in [0.1, 0.15) is 6.61 Å². The maximum Gasteiger partial charge on any atom is 0.180 e. The molecule has 1 heterocycles. The fourth-order valence-corrected chi connectivity index (χ4v) is 7.30. The minimum absolute atomic E-state index is 0.104. The lowest BCUT2D eigenvalue weighted by atomic mass is 9.63. The average molecular weight is 611 g/mol. The van der Waals surface area contributed by atoms with Crippen molar-refractivity contribution < 1.29 is 19.1 Å². The molecule has 7 heteroatoms. The second-order valence-corrected chi connectivity index (χ2v) is 14.2. The van der Waals surface area contributed by atoms with Crippen molar-refractivity contribution >= 4 is 34.8 Å². The molecule has 0 atom stereocenters. The normalized spacial score (nSPS) is 20.0. The summed E-state index contributed by atoms with van der Waals surface area (Å²) in [5.41, 5.74) is 4.96. The van der Waals surface area contributed by atoms with Gasteiger partial charge < -0.3 is 14.4 Å². The third-order valence-electron chi connectivity index (χ3n) is 8.41. The molecule has 0 bridgehead atoms. The van der Waals surface area contributed by atoms with Crippen LogP contribution in [0.25, 0.3) is 0 Å². The Kier molecular flexibility index (Phi) is 8.57. The summed E-state index contributed by atoms with van der Waals surface area (Å²) in [7, 11) is 0. The molecule has 2 aromatic carbocycles. The Bertz CT molecular complexity index is 1430. The molecular formula is C35H41Cl2NO4. The first-order valence-electron chi connectivity index (χ1n) is 15.0. The van der Waals surface area contributed by atoms with Crippen molar-refractivity contribution in [3.8, 4) is 11.5 Å². The van der Waals surface area contributed by atoms with E-state index in [4.69, 9.17) is 32.7 Å². The van der Waals surface area contributed by atoms with Crippen molar-refractivity contribution in [2.45, 2.75) is 86.2 Å². The number of allylic oxidation sites excluding steroid dienone is 4. The highest BCUT2D eigenvalue weighted by atomic mass is 35.5. The van der Waals surface area contributed by atoms with Gasteiger partial charge in [-0.3, -0.25) is 9.59 Å². The van der Waals surface area contributed by atoms with Crippen molar-refractivity contribution in [2.75, 3.05) is 13.2 Å². The Morgan fingerprint density at radius 3 is 2.02 bits per heavy atom.